The normalized spacial score (nSPS) is 10.9. The van der Waals surface area contributed by atoms with Crippen molar-refractivity contribution >= 4 is 23.4 Å². The highest BCUT2D eigenvalue weighted by Crippen LogP contribution is 2.24. The first kappa shape index (κ1) is 18.9. The number of aromatic nitrogens is 3. The molecule has 0 radical (unpaired) electrons. The molecule has 1 N–H and O–H groups in total. The van der Waals surface area contributed by atoms with Crippen LogP contribution >= 0.6 is 11.8 Å². The molecule has 0 aliphatic heterocycles. The molecule has 5 nitrogen and oxygen atoms in total. The third-order valence-corrected chi connectivity index (χ3v) is 4.58. The largest absolute Gasteiger partial charge is 0.323 e. The first-order valence-corrected chi connectivity index (χ1v) is 8.57. The van der Waals surface area contributed by atoms with E-state index in [0.29, 0.717) is 16.5 Å². The second kappa shape index (κ2) is 7.78. The van der Waals surface area contributed by atoms with E-state index in [1.54, 1.807) is 17.7 Å². The second-order valence-corrected chi connectivity index (χ2v) is 6.38. The number of hydrogen-bond donors (Lipinski definition) is 1. The predicted octanol–water partition coefficient (Wildman–Crippen LogP) is 3.77. The van der Waals surface area contributed by atoms with Gasteiger partial charge < -0.3 is 9.88 Å². The van der Waals surface area contributed by atoms with E-state index in [1.807, 2.05) is 0 Å². The van der Waals surface area contributed by atoms with Gasteiger partial charge >= 0.3 is 0 Å². The molecule has 27 heavy (non-hydrogen) atoms. The Kier molecular flexibility index (Phi) is 5.45. The van der Waals surface area contributed by atoms with E-state index in [1.165, 1.54) is 18.2 Å². The van der Waals surface area contributed by atoms with E-state index in [-0.39, 0.29) is 5.75 Å². The number of carbonyl (C=O) groups is 1. The molecule has 0 saturated carbocycles. The lowest BCUT2D eigenvalue weighted by Gasteiger charge is -2.07. The molecule has 0 unspecified atom stereocenters. The van der Waals surface area contributed by atoms with Crippen molar-refractivity contribution in [3.8, 4) is 11.4 Å². The molecule has 0 saturated heterocycles. The van der Waals surface area contributed by atoms with Crippen LogP contribution in [0.15, 0.2) is 41.6 Å². The lowest BCUT2D eigenvalue weighted by molar-refractivity contribution is -0.113. The molecule has 1 amide bonds. The molecule has 3 aromatic rings. The lowest BCUT2D eigenvalue weighted by Crippen LogP contribution is -2.16. The molecule has 140 valence electrons. The van der Waals surface area contributed by atoms with Crippen molar-refractivity contribution in [2.75, 3.05) is 11.1 Å². The van der Waals surface area contributed by atoms with E-state index in [4.69, 9.17) is 0 Å². The number of anilines is 1. The Labute approximate surface area is 155 Å². The minimum absolute atomic E-state index is 0.173. The van der Waals surface area contributed by atoms with Crippen LogP contribution in [0.4, 0.5) is 23.2 Å². The number of rotatable bonds is 5. The number of halogens is 4. The lowest BCUT2D eigenvalue weighted by atomic mass is 10.2. The zero-order chi connectivity index (χ0) is 19.6. The third-order valence-electron chi connectivity index (χ3n) is 3.56. The van der Waals surface area contributed by atoms with Crippen molar-refractivity contribution < 1.29 is 22.4 Å². The second-order valence-electron chi connectivity index (χ2n) is 5.44. The fourth-order valence-electron chi connectivity index (χ4n) is 2.26. The van der Waals surface area contributed by atoms with Crippen LogP contribution in [0.1, 0.15) is 0 Å². The van der Waals surface area contributed by atoms with E-state index >= 15 is 0 Å². The van der Waals surface area contributed by atoms with E-state index in [0.717, 1.165) is 23.9 Å². The first-order chi connectivity index (χ1) is 12.9. The molecule has 1 aromatic heterocycles. The minimum atomic E-state index is -1.66. The predicted molar refractivity (Wildman–Crippen MR) is 92.1 cm³/mol. The van der Waals surface area contributed by atoms with Crippen molar-refractivity contribution in [3.05, 3.63) is 59.7 Å². The van der Waals surface area contributed by atoms with Gasteiger partial charge in [-0.15, -0.1) is 10.2 Å². The standard InChI is InChI=1S/C17H12F4N4OS/c1-25-16(9-3-2-4-10(18)7-9)23-24-17(25)27-8-13(26)22-12-6-5-11(19)14(20)15(12)21/h2-7H,8H2,1H3,(H,22,26). The number of amides is 1. The third kappa shape index (κ3) is 4.11. The SMILES string of the molecule is Cn1c(SCC(=O)Nc2ccc(F)c(F)c2F)nnc1-c1cccc(F)c1. The van der Waals surface area contributed by atoms with Gasteiger partial charge in [0.1, 0.15) is 5.82 Å². The summed E-state index contributed by atoms with van der Waals surface area (Å²) in [5.41, 5.74) is 0.0584. The zero-order valence-corrected chi connectivity index (χ0v) is 14.7. The summed E-state index contributed by atoms with van der Waals surface area (Å²) in [4.78, 5) is 11.9. The van der Waals surface area contributed by atoms with Gasteiger partial charge in [0.15, 0.2) is 28.4 Å². The van der Waals surface area contributed by atoms with Gasteiger partial charge in [-0.3, -0.25) is 4.79 Å². The fraction of sp³-hybridized carbons (Fsp3) is 0.118. The number of benzene rings is 2. The van der Waals surface area contributed by atoms with Gasteiger partial charge in [-0.25, -0.2) is 17.6 Å². The molecule has 0 aliphatic carbocycles. The summed E-state index contributed by atoms with van der Waals surface area (Å²) in [7, 11) is 1.65. The van der Waals surface area contributed by atoms with Crippen LogP contribution in [0.3, 0.4) is 0 Å². The van der Waals surface area contributed by atoms with Crippen LogP contribution in [0.2, 0.25) is 0 Å². The quantitative estimate of drug-likeness (QED) is 0.405. The number of hydrogen-bond acceptors (Lipinski definition) is 4. The van der Waals surface area contributed by atoms with Crippen LogP contribution in [0.25, 0.3) is 11.4 Å². The molecule has 0 aliphatic rings. The smallest absolute Gasteiger partial charge is 0.234 e. The highest BCUT2D eigenvalue weighted by molar-refractivity contribution is 7.99. The summed E-state index contributed by atoms with van der Waals surface area (Å²) >= 11 is 1.00. The molecule has 0 fully saturated rings. The Balaban J connectivity index is 1.67. The topological polar surface area (TPSA) is 59.8 Å². The van der Waals surface area contributed by atoms with Gasteiger partial charge in [0.05, 0.1) is 11.4 Å². The van der Waals surface area contributed by atoms with E-state index < -0.39 is 34.9 Å². The van der Waals surface area contributed by atoms with Crippen LogP contribution in [0, 0.1) is 23.3 Å². The van der Waals surface area contributed by atoms with Crippen molar-refractivity contribution in [2.45, 2.75) is 5.16 Å². The van der Waals surface area contributed by atoms with Gasteiger partial charge in [0.25, 0.3) is 0 Å². The summed E-state index contributed by atoms with van der Waals surface area (Å²) in [6.45, 7) is 0. The molecule has 2 aromatic carbocycles. The molecule has 0 bridgehead atoms. The van der Waals surface area contributed by atoms with Gasteiger partial charge in [0, 0.05) is 12.6 Å². The Bertz CT molecular complexity index is 1010. The average molecular weight is 396 g/mol. The fourth-order valence-corrected chi connectivity index (χ4v) is 2.97. The molecule has 1 heterocycles. The Morgan fingerprint density at radius 3 is 2.63 bits per heavy atom. The van der Waals surface area contributed by atoms with Crippen LogP contribution < -0.4 is 5.32 Å². The van der Waals surface area contributed by atoms with Crippen molar-refractivity contribution in [2.24, 2.45) is 7.05 Å². The molecule has 0 atom stereocenters. The summed E-state index contributed by atoms with van der Waals surface area (Å²) in [6.07, 6.45) is 0. The summed E-state index contributed by atoms with van der Waals surface area (Å²) in [6, 6.07) is 7.46. The molecule has 10 heteroatoms. The van der Waals surface area contributed by atoms with Crippen molar-refractivity contribution in [1.82, 2.24) is 14.8 Å². The summed E-state index contributed by atoms with van der Waals surface area (Å²) in [5, 5.41) is 10.4. The Morgan fingerprint density at radius 2 is 1.89 bits per heavy atom. The van der Waals surface area contributed by atoms with E-state index in [9.17, 15) is 22.4 Å². The average Bonchev–Trinajstić information content (AvgIpc) is 3.01. The monoisotopic (exact) mass is 396 g/mol. The number of nitrogens with one attached hydrogen (secondary N) is 1. The highest BCUT2D eigenvalue weighted by Gasteiger charge is 2.17. The Morgan fingerprint density at radius 1 is 1.11 bits per heavy atom. The van der Waals surface area contributed by atoms with Gasteiger partial charge in [-0.2, -0.15) is 0 Å². The zero-order valence-electron chi connectivity index (χ0n) is 13.8. The maximum Gasteiger partial charge on any atom is 0.234 e. The minimum Gasteiger partial charge on any atom is -0.323 e. The molecular formula is C17H12F4N4OS. The molecule has 0 spiro atoms. The van der Waals surface area contributed by atoms with Gasteiger partial charge in [-0.1, -0.05) is 23.9 Å². The van der Waals surface area contributed by atoms with Gasteiger partial charge in [-0.05, 0) is 24.3 Å². The maximum atomic E-state index is 13.6. The molecule has 3 rings (SSSR count). The first-order valence-electron chi connectivity index (χ1n) is 7.58. The van der Waals surface area contributed by atoms with Crippen LogP contribution in [-0.4, -0.2) is 26.4 Å². The van der Waals surface area contributed by atoms with E-state index in [2.05, 4.69) is 15.5 Å². The molecular weight excluding hydrogens is 384 g/mol. The number of thioether (sulfide) groups is 1. The van der Waals surface area contributed by atoms with Crippen LogP contribution in [0.5, 0.6) is 0 Å². The summed E-state index contributed by atoms with van der Waals surface area (Å²) < 4.78 is 54.6. The summed E-state index contributed by atoms with van der Waals surface area (Å²) in [5.74, 6) is -5.30. The number of nitrogens with zero attached hydrogens (tertiary/aromatic N) is 3. The van der Waals surface area contributed by atoms with Crippen LogP contribution in [-0.2, 0) is 11.8 Å². The maximum absolute atomic E-state index is 13.6. The van der Waals surface area contributed by atoms with Gasteiger partial charge in [0.2, 0.25) is 5.91 Å². The van der Waals surface area contributed by atoms with Crippen molar-refractivity contribution in [1.29, 1.82) is 0 Å². The number of carbonyl (C=O) groups excluding carboxylic acids is 1. The highest BCUT2D eigenvalue weighted by atomic mass is 32.2. The van der Waals surface area contributed by atoms with Crippen molar-refractivity contribution in [3.63, 3.8) is 0 Å². The Hall–Kier alpha value is -2.88.